The van der Waals surface area contributed by atoms with Gasteiger partial charge in [-0.1, -0.05) is 0 Å². The third-order valence-corrected chi connectivity index (χ3v) is 3.53. The van der Waals surface area contributed by atoms with E-state index in [2.05, 4.69) is 10.6 Å². The predicted octanol–water partition coefficient (Wildman–Crippen LogP) is 0.631. The summed E-state index contributed by atoms with van der Waals surface area (Å²) in [5.74, 6) is -0.183. The molecule has 1 unspecified atom stereocenters. The molecule has 1 aromatic carbocycles. The predicted molar refractivity (Wildman–Crippen MR) is 83.2 cm³/mol. The zero-order chi connectivity index (χ0) is 16.4. The summed E-state index contributed by atoms with van der Waals surface area (Å²) in [4.78, 5) is 11.9. The molecule has 0 saturated carbocycles. The van der Waals surface area contributed by atoms with E-state index in [9.17, 15) is 13.2 Å². The number of anilines is 2. The first-order valence-corrected chi connectivity index (χ1v) is 7.96. The Hall–Kier alpha value is -1.80. The molecule has 21 heavy (non-hydrogen) atoms. The Morgan fingerprint density at radius 3 is 2.29 bits per heavy atom. The van der Waals surface area contributed by atoms with Crippen LogP contribution in [0.15, 0.2) is 23.1 Å². The molecule has 0 spiro atoms. The van der Waals surface area contributed by atoms with E-state index in [-0.39, 0.29) is 22.0 Å². The smallest absolute Gasteiger partial charge is 0.242 e. The highest BCUT2D eigenvalue weighted by Crippen LogP contribution is 2.22. The Morgan fingerprint density at radius 1 is 1.29 bits per heavy atom. The normalized spacial score (nSPS) is 13.6. The van der Waals surface area contributed by atoms with E-state index in [1.807, 2.05) is 20.8 Å². The fourth-order valence-electron chi connectivity index (χ4n) is 1.63. The molecule has 0 aliphatic heterocycles. The lowest BCUT2D eigenvalue weighted by Gasteiger charge is -2.24. The molecule has 1 rings (SSSR count). The van der Waals surface area contributed by atoms with Crippen LogP contribution in [0.3, 0.4) is 0 Å². The molecule has 0 heterocycles. The van der Waals surface area contributed by atoms with E-state index in [4.69, 9.17) is 10.9 Å². The third-order valence-electron chi connectivity index (χ3n) is 2.62. The van der Waals surface area contributed by atoms with Crippen molar-refractivity contribution in [1.29, 1.82) is 0 Å². The number of nitrogens with one attached hydrogen (secondary N) is 2. The topological polar surface area (TPSA) is 127 Å². The average molecular weight is 314 g/mol. The van der Waals surface area contributed by atoms with Gasteiger partial charge in [0.05, 0.1) is 16.3 Å². The van der Waals surface area contributed by atoms with Gasteiger partial charge in [0.2, 0.25) is 15.9 Å². The Kier molecular flexibility index (Phi) is 4.85. The minimum Gasteiger partial charge on any atom is -0.397 e. The van der Waals surface area contributed by atoms with Gasteiger partial charge >= 0.3 is 0 Å². The van der Waals surface area contributed by atoms with Gasteiger partial charge in [-0.3, -0.25) is 4.79 Å². The molecule has 0 fully saturated rings. The molecule has 1 atom stereocenters. The van der Waals surface area contributed by atoms with Gasteiger partial charge in [0.15, 0.2) is 0 Å². The Labute approximate surface area is 125 Å². The van der Waals surface area contributed by atoms with E-state index in [0.29, 0.717) is 5.69 Å². The minimum absolute atomic E-state index is 0.0719. The average Bonchev–Trinajstić information content (AvgIpc) is 2.27. The third kappa shape index (κ3) is 5.24. The van der Waals surface area contributed by atoms with Crippen molar-refractivity contribution in [3.05, 3.63) is 18.2 Å². The van der Waals surface area contributed by atoms with Crippen LogP contribution in [0.25, 0.3) is 0 Å². The van der Waals surface area contributed by atoms with Gasteiger partial charge in [-0.15, -0.1) is 0 Å². The number of rotatable bonds is 4. The van der Waals surface area contributed by atoms with E-state index in [0.717, 1.165) is 0 Å². The summed E-state index contributed by atoms with van der Waals surface area (Å²) in [5, 5.41) is 10.8. The summed E-state index contributed by atoms with van der Waals surface area (Å²) in [6, 6.07) is 3.55. The van der Waals surface area contributed by atoms with Crippen molar-refractivity contribution < 1.29 is 13.2 Å². The van der Waals surface area contributed by atoms with Gasteiger partial charge in [-0.05, 0) is 45.9 Å². The minimum atomic E-state index is -3.80. The van der Waals surface area contributed by atoms with Gasteiger partial charge in [0, 0.05) is 5.54 Å². The van der Waals surface area contributed by atoms with Crippen LogP contribution < -0.4 is 21.5 Å². The molecule has 7 nitrogen and oxygen atoms in total. The largest absolute Gasteiger partial charge is 0.397 e. The van der Waals surface area contributed by atoms with Crippen LogP contribution in [0.2, 0.25) is 0 Å². The van der Waals surface area contributed by atoms with Crippen LogP contribution in [0.5, 0.6) is 0 Å². The van der Waals surface area contributed by atoms with Crippen molar-refractivity contribution in [2.45, 2.75) is 44.2 Å². The lowest BCUT2D eigenvalue weighted by Crippen LogP contribution is -2.47. The van der Waals surface area contributed by atoms with Gasteiger partial charge in [0.1, 0.15) is 6.04 Å². The molecule has 0 aromatic heterocycles. The van der Waals surface area contributed by atoms with Crippen LogP contribution >= 0.6 is 0 Å². The van der Waals surface area contributed by atoms with E-state index in [1.165, 1.54) is 18.2 Å². The molecule has 0 bridgehead atoms. The standard InChI is InChI=1S/C13H22N4O3S/c1-8(12(18)17-13(2,3)4)16-11-6-5-9(7-10(11)14)21(15,19)20/h5-8,16H,14H2,1-4H3,(H,17,18)(H2,15,19,20). The summed E-state index contributed by atoms with van der Waals surface area (Å²) < 4.78 is 22.4. The molecule has 118 valence electrons. The molecule has 0 aliphatic rings. The lowest BCUT2D eigenvalue weighted by atomic mass is 10.1. The van der Waals surface area contributed by atoms with Crippen LogP contribution in [0.1, 0.15) is 27.7 Å². The van der Waals surface area contributed by atoms with E-state index in [1.54, 1.807) is 6.92 Å². The monoisotopic (exact) mass is 314 g/mol. The number of sulfonamides is 1. The number of amides is 1. The fourth-order valence-corrected chi connectivity index (χ4v) is 2.17. The number of nitrogens with two attached hydrogens (primary N) is 2. The highest BCUT2D eigenvalue weighted by atomic mass is 32.2. The molecular weight excluding hydrogens is 292 g/mol. The maximum atomic E-state index is 12.0. The quantitative estimate of drug-likeness (QED) is 0.606. The van der Waals surface area contributed by atoms with Crippen molar-refractivity contribution in [3.8, 4) is 0 Å². The fraction of sp³-hybridized carbons (Fsp3) is 0.462. The van der Waals surface area contributed by atoms with Crippen molar-refractivity contribution >= 4 is 27.3 Å². The van der Waals surface area contributed by atoms with Gasteiger partial charge in [-0.2, -0.15) is 0 Å². The van der Waals surface area contributed by atoms with Crippen molar-refractivity contribution in [2.24, 2.45) is 5.14 Å². The molecule has 1 aromatic rings. The number of carbonyl (C=O) groups excluding carboxylic acids is 1. The van der Waals surface area contributed by atoms with Gasteiger partial charge < -0.3 is 16.4 Å². The second-order valence-electron chi connectivity index (χ2n) is 5.90. The molecule has 6 N–H and O–H groups in total. The Balaban J connectivity index is 2.87. The number of hydrogen-bond donors (Lipinski definition) is 4. The summed E-state index contributed by atoms with van der Waals surface area (Å²) in [6.07, 6.45) is 0. The SMILES string of the molecule is CC(Nc1ccc(S(N)(=O)=O)cc1N)C(=O)NC(C)(C)C. The van der Waals surface area contributed by atoms with E-state index >= 15 is 0 Å². The van der Waals surface area contributed by atoms with Crippen LogP contribution in [-0.2, 0) is 14.8 Å². The van der Waals surface area contributed by atoms with Crippen LogP contribution in [0, 0.1) is 0 Å². The van der Waals surface area contributed by atoms with Gasteiger partial charge in [-0.25, -0.2) is 13.6 Å². The zero-order valence-electron chi connectivity index (χ0n) is 12.6. The molecule has 0 saturated heterocycles. The molecule has 1 amide bonds. The summed E-state index contributed by atoms with van der Waals surface area (Å²) in [7, 11) is -3.80. The molecule has 0 aliphatic carbocycles. The highest BCUT2D eigenvalue weighted by molar-refractivity contribution is 7.89. The Bertz CT molecular complexity index is 635. The number of primary sulfonamides is 1. The van der Waals surface area contributed by atoms with Crippen molar-refractivity contribution in [1.82, 2.24) is 5.32 Å². The van der Waals surface area contributed by atoms with Crippen molar-refractivity contribution in [2.75, 3.05) is 11.1 Å². The second-order valence-corrected chi connectivity index (χ2v) is 7.46. The van der Waals surface area contributed by atoms with Gasteiger partial charge in [0.25, 0.3) is 0 Å². The second kappa shape index (κ2) is 5.90. The first kappa shape index (κ1) is 17.3. The first-order chi connectivity index (χ1) is 9.40. The van der Waals surface area contributed by atoms with Crippen LogP contribution in [0.4, 0.5) is 11.4 Å². The number of hydrogen-bond acceptors (Lipinski definition) is 5. The summed E-state index contributed by atoms with van der Waals surface area (Å²) in [6.45, 7) is 7.33. The number of benzene rings is 1. The van der Waals surface area contributed by atoms with Crippen LogP contribution in [-0.4, -0.2) is 25.9 Å². The first-order valence-electron chi connectivity index (χ1n) is 6.41. The molecule has 8 heteroatoms. The molecular formula is C13H22N4O3S. The highest BCUT2D eigenvalue weighted by Gasteiger charge is 2.20. The lowest BCUT2D eigenvalue weighted by molar-refractivity contribution is -0.122. The maximum Gasteiger partial charge on any atom is 0.242 e. The van der Waals surface area contributed by atoms with Crippen molar-refractivity contribution in [3.63, 3.8) is 0 Å². The summed E-state index contributed by atoms with van der Waals surface area (Å²) >= 11 is 0. The zero-order valence-corrected chi connectivity index (χ0v) is 13.4. The molecule has 0 radical (unpaired) electrons. The maximum absolute atomic E-state index is 12.0. The Morgan fingerprint density at radius 2 is 1.86 bits per heavy atom. The number of nitrogen functional groups attached to an aromatic ring is 1. The summed E-state index contributed by atoms with van der Waals surface area (Å²) in [5.41, 5.74) is 6.12. The number of carbonyl (C=O) groups is 1. The van der Waals surface area contributed by atoms with E-state index < -0.39 is 16.1 Å².